The number of nitrogens with one attached hydrogen (secondary N) is 1. The van der Waals surface area contributed by atoms with Crippen LogP contribution in [-0.2, 0) is 11.3 Å². The molecular weight excluding hydrogens is 433 g/mol. The lowest BCUT2D eigenvalue weighted by atomic mass is 9.86. The zero-order chi connectivity index (χ0) is 23.9. The number of nitrogens with zero attached hydrogens (tertiary/aromatic N) is 4. The van der Waals surface area contributed by atoms with Crippen LogP contribution in [0.4, 0.5) is 14.9 Å². The number of hydrogen-bond donors (Lipinski definition) is 1. The summed E-state index contributed by atoms with van der Waals surface area (Å²) in [6, 6.07) is 12.5. The standard InChI is InChI=1S/C26H28FN5O2/c1-18-3-6-23(27)13-21(18)16-32-25(34)31(17-26(32)9-11-30(12-10-26)19(2)33)24-7-4-20(5-8-24)22-14-28-29-15-22/h3-8,13-15H,9-12,16-17H2,1-2H3,(H,28,29). The molecule has 1 N–H and O–H groups in total. The van der Waals surface area contributed by atoms with Crippen molar-refractivity contribution in [1.29, 1.82) is 0 Å². The van der Waals surface area contributed by atoms with Crippen LogP contribution in [0.5, 0.6) is 0 Å². The summed E-state index contributed by atoms with van der Waals surface area (Å²) in [4.78, 5) is 31.2. The van der Waals surface area contributed by atoms with E-state index in [9.17, 15) is 14.0 Å². The van der Waals surface area contributed by atoms with Crippen molar-refractivity contribution >= 4 is 17.6 Å². The summed E-state index contributed by atoms with van der Waals surface area (Å²) in [5.74, 6) is -0.252. The topological polar surface area (TPSA) is 72.5 Å². The van der Waals surface area contributed by atoms with Gasteiger partial charge in [0.25, 0.3) is 0 Å². The fourth-order valence-electron chi connectivity index (χ4n) is 5.12. The number of H-pyrrole nitrogens is 1. The van der Waals surface area contributed by atoms with Crippen LogP contribution in [0.1, 0.15) is 30.9 Å². The number of hydrogen-bond acceptors (Lipinski definition) is 3. The van der Waals surface area contributed by atoms with E-state index in [0.29, 0.717) is 39.0 Å². The van der Waals surface area contributed by atoms with E-state index < -0.39 is 5.54 Å². The number of rotatable bonds is 4. The number of amides is 3. The van der Waals surface area contributed by atoms with E-state index in [4.69, 9.17) is 0 Å². The van der Waals surface area contributed by atoms with Crippen LogP contribution in [0.2, 0.25) is 0 Å². The lowest BCUT2D eigenvalue weighted by Gasteiger charge is -2.43. The smallest absolute Gasteiger partial charge is 0.325 e. The third-order valence-corrected chi connectivity index (χ3v) is 7.28. The summed E-state index contributed by atoms with van der Waals surface area (Å²) < 4.78 is 14.0. The molecule has 2 aliphatic heterocycles. The molecule has 5 rings (SSSR count). The number of aryl methyl sites for hydroxylation is 1. The third-order valence-electron chi connectivity index (χ3n) is 7.28. The molecule has 1 spiro atoms. The van der Waals surface area contributed by atoms with Gasteiger partial charge in [-0.25, -0.2) is 9.18 Å². The molecule has 0 aliphatic carbocycles. The highest BCUT2D eigenvalue weighted by atomic mass is 19.1. The number of piperidine rings is 1. The number of likely N-dealkylation sites (tertiary alicyclic amines) is 1. The first-order valence-corrected chi connectivity index (χ1v) is 11.6. The zero-order valence-corrected chi connectivity index (χ0v) is 19.4. The highest BCUT2D eigenvalue weighted by Crippen LogP contribution is 2.40. The highest BCUT2D eigenvalue weighted by Gasteiger charge is 2.51. The molecule has 3 heterocycles. The summed E-state index contributed by atoms with van der Waals surface area (Å²) in [5.41, 5.74) is 4.17. The normalized spacial score (nSPS) is 17.6. The van der Waals surface area contributed by atoms with Gasteiger partial charge in [0.15, 0.2) is 0 Å². The van der Waals surface area contributed by atoms with Crippen molar-refractivity contribution in [3.63, 3.8) is 0 Å². The Balaban J connectivity index is 1.46. The van der Waals surface area contributed by atoms with Crippen molar-refractivity contribution < 1.29 is 14.0 Å². The van der Waals surface area contributed by atoms with Crippen LogP contribution in [0, 0.1) is 12.7 Å². The van der Waals surface area contributed by atoms with Gasteiger partial charge < -0.3 is 9.80 Å². The Morgan fingerprint density at radius 3 is 2.50 bits per heavy atom. The van der Waals surface area contributed by atoms with Crippen LogP contribution in [0.3, 0.4) is 0 Å². The first-order chi connectivity index (χ1) is 16.4. The van der Waals surface area contributed by atoms with E-state index >= 15 is 0 Å². The van der Waals surface area contributed by atoms with Crippen LogP contribution >= 0.6 is 0 Å². The van der Waals surface area contributed by atoms with Gasteiger partial charge in [-0.15, -0.1) is 0 Å². The Kier molecular flexibility index (Phi) is 5.59. The quantitative estimate of drug-likeness (QED) is 0.628. The number of benzene rings is 2. The van der Waals surface area contributed by atoms with Gasteiger partial charge in [-0.3, -0.25) is 14.8 Å². The van der Waals surface area contributed by atoms with E-state index in [-0.39, 0.29) is 17.8 Å². The van der Waals surface area contributed by atoms with Crippen molar-refractivity contribution in [2.75, 3.05) is 24.5 Å². The average Bonchev–Trinajstić information content (AvgIpc) is 3.46. The fraction of sp³-hybridized carbons (Fsp3) is 0.346. The maximum Gasteiger partial charge on any atom is 0.325 e. The van der Waals surface area contributed by atoms with Crippen LogP contribution in [0.25, 0.3) is 11.1 Å². The maximum atomic E-state index is 14.0. The predicted molar refractivity (Wildman–Crippen MR) is 128 cm³/mol. The Labute approximate surface area is 198 Å². The molecule has 1 aromatic heterocycles. The van der Waals surface area contributed by atoms with Crippen molar-refractivity contribution in [3.05, 3.63) is 71.8 Å². The predicted octanol–water partition coefficient (Wildman–Crippen LogP) is 4.35. The summed E-state index contributed by atoms with van der Waals surface area (Å²) in [7, 11) is 0. The van der Waals surface area contributed by atoms with Gasteiger partial charge in [0, 0.05) is 44.0 Å². The minimum absolute atomic E-state index is 0.0541. The summed E-state index contributed by atoms with van der Waals surface area (Å²) in [6.07, 6.45) is 4.97. The number of aromatic amines is 1. The minimum Gasteiger partial charge on any atom is -0.343 e. The number of anilines is 1. The molecule has 34 heavy (non-hydrogen) atoms. The molecule has 3 amide bonds. The number of urea groups is 1. The van der Waals surface area contributed by atoms with Gasteiger partial charge in [0.05, 0.1) is 18.3 Å². The van der Waals surface area contributed by atoms with Crippen LogP contribution in [0.15, 0.2) is 54.9 Å². The molecule has 0 radical (unpaired) electrons. The second kappa shape index (κ2) is 8.59. The average molecular weight is 462 g/mol. The lowest BCUT2D eigenvalue weighted by molar-refractivity contribution is -0.131. The molecule has 0 unspecified atom stereocenters. The first kappa shape index (κ1) is 22.1. The molecule has 2 aliphatic rings. The number of carbonyl (C=O) groups excluding carboxylic acids is 2. The number of aromatic nitrogens is 2. The lowest BCUT2D eigenvalue weighted by Crippen LogP contribution is -2.54. The molecule has 8 heteroatoms. The van der Waals surface area contributed by atoms with E-state index in [1.54, 1.807) is 19.2 Å². The van der Waals surface area contributed by atoms with E-state index in [2.05, 4.69) is 10.2 Å². The zero-order valence-electron chi connectivity index (χ0n) is 19.4. The second-order valence-corrected chi connectivity index (χ2v) is 9.29. The summed E-state index contributed by atoms with van der Waals surface area (Å²) >= 11 is 0. The van der Waals surface area contributed by atoms with Crippen LogP contribution < -0.4 is 4.90 Å². The summed E-state index contributed by atoms with van der Waals surface area (Å²) in [6.45, 7) is 5.61. The minimum atomic E-state index is -0.412. The number of carbonyl (C=O) groups is 2. The Hall–Kier alpha value is -3.68. The van der Waals surface area contributed by atoms with Crippen molar-refractivity contribution in [1.82, 2.24) is 20.0 Å². The third kappa shape index (κ3) is 3.93. The largest absolute Gasteiger partial charge is 0.343 e. The number of halogens is 1. The molecule has 0 atom stereocenters. The van der Waals surface area contributed by atoms with Gasteiger partial charge >= 0.3 is 6.03 Å². The Morgan fingerprint density at radius 2 is 1.85 bits per heavy atom. The van der Waals surface area contributed by atoms with Crippen molar-refractivity contribution in [3.8, 4) is 11.1 Å². The Bertz CT molecular complexity index is 1200. The van der Waals surface area contributed by atoms with Crippen LogP contribution in [-0.4, -0.2) is 57.1 Å². The van der Waals surface area contributed by atoms with Gasteiger partial charge in [-0.05, 0) is 60.7 Å². The first-order valence-electron chi connectivity index (χ1n) is 11.6. The monoisotopic (exact) mass is 461 g/mol. The van der Waals surface area contributed by atoms with Crippen molar-refractivity contribution in [2.45, 2.75) is 38.8 Å². The van der Waals surface area contributed by atoms with Crippen molar-refractivity contribution in [2.24, 2.45) is 0 Å². The SMILES string of the molecule is CC(=O)N1CCC2(CC1)CN(c1ccc(-c3cn[nH]c3)cc1)C(=O)N2Cc1cc(F)ccc1C. The fourth-order valence-corrected chi connectivity index (χ4v) is 5.12. The molecule has 3 aromatic rings. The maximum absolute atomic E-state index is 14.0. The van der Waals surface area contributed by atoms with Gasteiger partial charge in [0.1, 0.15) is 5.82 Å². The van der Waals surface area contributed by atoms with Gasteiger partial charge in [0.2, 0.25) is 5.91 Å². The van der Waals surface area contributed by atoms with Gasteiger partial charge in [-0.1, -0.05) is 18.2 Å². The van der Waals surface area contributed by atoms with E-state index in [0.717, 1.165) is 27.9 Å². The van der Waals surface area contributed by atoms with E-state index in [1.807, 2.05) is 52.1 Å². The highest BCUT2D eigenvalue weighted by molar-refractivity contribution is 5.95. The van der Waals surface area contributed by atoms with E-state index in [1.165, 1.54) is 12.1 Å². The van der Waals surface area contributed by atoms with Gasteiger partial charge in [-0.2, -0.15) is 5.10 Å². The molecule has 7 nitrogen and oxygen atoms in total. The molecule has 2 fully saturated rings. The molecule has 0 bridgehead atoms. The molecule has 2 aromatic carbocycles. The molecular formula is C26H28FN5O2. The molecule has 0 saturated carbocycles. The molecule has 2 saturated heterocycles. The summed E-state index contributed by atoms with van der Waals surface area (Å²) in [5, 5.41) is 6.82. The second-order valence-electron chi connectivity index (χ2n) is 9.29. The molecule has 176 valence electrons. The Morgan fingerprint density at radius 1 is 1.12 bits per heavy atom.